The highest BCUT2D eigenvalue weighted by atomic mass is 19.2. The molecular weight excluding hydrogens is 246 g/mol. The highest BCUT2D eigenvalue weighted by Gasteiger charge is 2.29. The average Bonchev–Trinajstić information content (AvgIpc) is 2.41. The third-order valence-electron chi connectivity index (χ3n) is 3.93. The minimum absolute atomic E-state index is 0.313. The van der Waals surface area contributed by atoms with Gasteiger partial charge < -0.3 is 10.2 Å². The molecule has 4 heteroatoms. The number of hydrogen-bond donors (Lipinski definition) is 1. The Balaban J connectivity index is 2.27. The fourth-order valence-electron chi connectivity index (χ4n) is 2.66. The number of benzene rings is 1. The molecular formula is C15H22F2N2. The fourth-order valence-corrected chi connectivity index (χ4v) is 2.66. The molecule has 0 aliphatic carbocycles. The van der Waals surface area contributed by atoms with Crippen LogP contribution >= 0.6 is 0 Å². The van der Waals surface area contributed by atoms with Gasteiger partial charge in [-0.2, -0.15) is 0 Å². The van der Waals surface area contributed by atoms with Crippen molar-refractivity contribution in [2.75, 3.05) is 18.0 Å². The first-order valence-electron chi connectivity index (χ1n) is 6.98. The second-order valence-corrected chi connectivity index (χ2v) is 5.58. The molecule has 0 spiro atoms. The summed E-state index contributed by atoms with van der Waals surface area (Å²) in [6.45, 7) is 8.17. The Morgan fingerprint density at radius 1 is 1.32 bits per heavy atom. The van der Waals surface area contributed by atoms with Crippen LogP contribution in [0.1, 0.15) is 27.2 Å². The highest BCUT2D eigenvalue weighted by molar-refractivity contribution is 5.49. The van der Waals surface area contributed by atoms with Gasteiger partial charge in [0.2, 0.25) is 0 Å². The van der Waals surface area contributed by atoms with Crippen molar-refractivity contribution in [3.05, 3.63) is 29.8 Å². The van der Waals surface area contributed by atoms with Crippen molar-refractivity contribution in [3.8, 4) is 0 Å². The van der Waals surface area contributed by atoms with Crippen LogP contribution in [-0.2, 0) is 0 Å². The van der Waals surface area contributed by atoms with Gasteiger partial charge in [-0.05, 0) is 24.5 Å². The van der Waals surface area contributed by atoms with E-state index in [1.165, 1.54) is 12.1 Å². The molecule has 0 aromatic heterocycles. The van der Waals surface area contributed by atoms with Crippen molar-refractivity contribution < 1.29 is 8.78 Å². The summed E-state index contributed by atoms with van der Waals surface area (Å²) in [6, 6.07) is 4.91. The van der Waals surface area contributed by atoms with E-state index in [4.69, 9.17) is 0 Å². The Labute approximate surface area is 113 Å². The van der Waals surface area contributed by atoms with Crippen LogP contribution < -0.4 is 10.2 Å². The largest absolute Gasteiger partial charge is 0.365 e. The van der Waals surface area contributed by atoms with Crippen LogP contribution in [-0.4, -0.2) is 25.2 Å². The van der Waals surface area contributed by atoms with Gasteiger partial charge in [-0.15, -0.1) is 0 Å². The molecule has 106 valence electrons. The number of hydrogen-bond acceptors (Lipinski definition) is 2. The number of anilines is 1. The summed E-state index contributed by atoms with van der Waals surface area (Å²) in [5.41, 5.74) is 0.776. The summed E-state index contributed by atoms with van der Waals surface area (Å²) in [6.07, 6.45) is 1.03. The predicted molar refractivity (Wildman–Crippen MR) is 74.4 cm³/mol. The van der Waals surface area contributed by atoms with Crippen molar-refractivity contribution in [2.24, 2.45) is 5.92 Å². The maximum Gasteiger partial charge on any atom is 0.160 e. The van der Waals surface area contributed by atoms with Crippen molar-refractivity contribution in [1.82, 2.24) is 5.32 Å². The zero-order chi connectivity index (χ0) is 14.0. The van der Waals surface area contributed by atoms with E-state index in [1.807, 2.05) is 0 Å². The third kappa shape index (κ3) is 3.06. The number of nitrogens with zero attached hydrogens (tertiary/aromatic N) is 1. The van der Waals surface area contributed by atoms with Crippen molar-refractivity contribution in [3.63, 3.8) is 0 Å². The van der Waals surface area contributed by atoms with Gasteiger partial charge >= 0.3 is 0 Å². The van der Waals surface area contributed by atoms with Gasteiger partial charge in [-0.1, -0.05) is 20.8 Å². The number of piperazine rings is 1. The monoisotopic (exact) mass is 268 g/mol. The summed E-state index contributed by atoms with van der Waals surface area (Å²) >= 11 is 0. The summed E-state index contributed by atoms with van der Waals surface area (Å²) in [5, 5.41) is 3.52. The molecule has 1 heterocycles. The van der Waals surface area contributed by atoms with Gasteiger partial charge in [0.25, 0.3) is 0 Å². The molecule has 1 aromatic rings. The van der Waals surface area contributed by atoms with Crippen molar-refractivity contribution >= 4 is 5.69 Å². The first-order valence-corrected chi connectivity index (χ1v) is 6.98. The molecule has 2 unspecified atom stereocenters. The van der Waals surface area contributed by atoms with Gasteiger partial charge in [0, 0.05) is 36.9 Å². The lowest BCUT2D eigenvalue weighted by molar-refractivity contribution is 0.333. The minimum atomic E-state index is -0.785. The van der Waals surface area contributed by atoms with E-state index in [0.717, 1.165) is 25.2 Å². The van der Waals surface area contributed by atoms with Crippen LogP contribution in [0.2, 0.25) is 0 Å². The Morgan fingerprint density at radius 2 is 2.05 bits per heavy atom. The molecule has 2 atom stereocenters. The lowest BCUT2D eigenvalue weighted by Crippen LogP contribution is -2.58. The Bertz CT molecular complexity index is 434. The predicted octanol–water partition coefficient (Wildman–Crippen LogP) is 3.18. The Kier molecular flexibility index (Phi) is 4.40. The fraction of sp³-hybridized carbons (Fsp3) is 0.600. The molecule has 0 amide bonds. The van der Waals surface area contributed by atoms with Crippen LogP contribution in [0.3, 0.4) is 0 Å². The molecule has 2 nitrogen and oxygen atoms in total. The Morgan fingerprint density at radius 3 is 2.63 bits per heavy atom. The van der Waals surface area contributed by atoms with E-state index in [1.54, 1.807) is 6.07 Å². The molecule has 1 aliphatic rings. The molecule has 0 radical (unpaired) electrons. The SMILES string of the molecule is CCC1CN(c2ccc(F)c(F)c2)C(C(C)C)CN1. The van der Waals surface area contributed by atoms with E-state index < -0.39 is 11.6 Å². The van der Waals surface area contributed by atoms with E-state index >= 15 is 0 Å². The standard InChI is InChI=1S/C15H22F2N2/c1-4-11-9-19(15(8-18-11)10(2)3)12-5-6-13(16)14(17)7-12/h5-7,10-11,15,18H,4,8-9H2,1-3H3. The molecule has 1 N–H and O–H groups in total. The third-order valence-corrected chi connectivity index (χ3v) is 3.93. The number of halogens is 2. The van der Waals surface area contributed by atoms with Crippen LogP contribution in [0.5, 0.6) is 0 Å². The van der Waals surface area contributed by atoms with Crippen molar-refractivity contribution in [2.45, 2.75) is 39.3 Å². The van der Waals surface area contributed by atoms with E-state index in [2.05, 4.69) is 31.0 Å². The summed E-state index contributed by atoms with van der Waals surface area (Å²) in [7, 11) is 0. The van der Waals surface area contributed by atoms with Crippen LogP contribution in [0.4, 0.5) is 14.5 Å². The summed E-state index contributed by atoms with van der Waals surface area (Å²) in [5.74, 6) is -1.10. The quantitative estimate of drug-likeness (QED) is 0.905. The zero-order valence-corrected chi connectivity index (χ0v) is 11.8. The van der Waals surface area contributed by atoms with Crippen LogP contribution in [0.15, 0.2) is 18.2 Å². The molecule has 1 aromatic carbocycles. The first kappa shape index (κ1) is 14.3. The second-order valence-electron chi connectivity index (χ2n) is 5.58. The van der Waals surface area contributed by atoms with Gasteiger partial charge in [0.15, 0.2) is 11.6 Å². The second kappa shape index (κ2) is 5.87. The molecule has 19 heavy (non-hydrogen) atoms. The minimum Gasteiger partial charge on any atom is -0.365 e. The van der Waals surface area contributed by atoms with Crippen LogP contribution in [0, 0.1) is 17.6 Å². The first-order chi connectivity index (χ1) is 9.02. The Hall–Kier alpha value is -1.16. The maximum atomic E-state index is 13.4. The van der Waals surface area contributed by atoms with Gasteiger partial charge in [0.1, 0.15) is 0 Å². The normalized spacial score (nSPS) is 24.0. The maximum absolute atomic E-state index is 13.4. The van der Waals surface area contributed by atoms with Gasteiger partial charge in [-0.25, -0.2) is 8.78 Å². The number of rotatable bonds is 3. The summed E-state index contributed by atoms with van der Waals surface area (Å²) in [4.78, 5) is 2.21. The lowest BCUT2D eigenvalue weighted by atomic mass is 9.97. The van der Waals surface area contributed by atoms with E-state index in [0.29, 0.717) is 18.0 Å². The average molecular weight is 268 g/mol. The van der Waals surface area contributed by atoms with Gasteiger partial charge in [-0.3, -0.25) is 0 Å². The highest BCUT2D eigenvalue weighted by Crippen LogP contribution is 2.25. The lowest BCUT2D eigenvalue weighted by Gasteiger charge is -2.43. The van der Waals surface area contributed by atoms with E-state index in [-0.39, 0.29) is 0 Å². The van der Waals surface area contributed by atoms with Crippen LogP contribution in [0.25, 0.3) is 0 Å². The zero-order valence-electron chi connectivity index (χ0n) is 11.8. The smallest absolute Gasteiger partial charge is 0.160 e. The van der Waals surface area contributed by atoms with Crippen molar-refractivity contribution in [1.29, 1.82) is 0 Å². The molecule has 2 rings (SSSR count). The topological polar surface area (TPSA) is 15.3 Å². The molecule has 1 fully saturated rings. The van der Waals surface area contributed by atoms with Gasteiger partial charge in [0.05, 0.1) is 0 Å². The molecule has 1 aliphatic heterocycles. The molecule has 0 saturated carbocycles. The molecule has 0 bridgehead atoms. The molecule has 1 saturated heterocycles. The van der Waals surface area contributed by atoms with E-state index in [9.17, 15) is 8.78 Å². The number of nitrogens with one attached hydrogen (secondary N) is 1. The summed E-state index contributed by atoms with van der Waals surface area (Å²) < 4.78 is 26.5.